The number of benzene rings is 3. The fourth-order valence-electron chi connectivity index (χ4n) is 6.74. The standard InChI is InChI=1S/C35H42N6O2/c1-25-10-4-8-14-32(25)39-16-18-40(19-17-39)35(43)37-31(21-28-22-36-30-13-7-6-12-29(28)30)34(42)41-24-26(23-38(2)3)20-27-11-5-9-15-33(27)41/h4-15,22,26,31,36H,16-21,23-24H2,1-3H3,(H,37,43). The minimum atomic E-state index is -0.702. The summed E-state index contributed by atoms with van der Waals surface area (Å²) < 4.78 is 0. The topological polar surface area (TPSA) is 74.9 Å². The number of rotatable bonds is 7. The fraction of sp³-hybridized carbons (Fsp3) is 0.371. The molecule has 2 unspecified atom stereocenters. The lowest BCUT2D eigenvalue weighted by atomic mass is 9.91. The monoisotopic (exact) mass is 578 g/mol. The normalized spacial score (nSPS) is 17.7. The number of amides is 3. The summed E-state index contributed by atoms with van der Waals surface area (Å²) in [5, 5.41) is 4.27. The first-order valence-electron chi connectivity index (χ1n) is 15.3. The zero-order valence-corrected chi connectivity index (χ0v) is 25.4. The Morgan fingerprint density at radius 3 is 2.40 bits per heavy atom. The third kappa shape index (κ3) is 6.25. The molecule has 0 spiro atoms. The molecule has 2 aliphatic heterocycles. The Morgan fingerprint density at radius 1 is 0.930 bits per heavy atom. The average molecular weight is 579 g/mol. The highest BCUT2D eigenvalue weighted by atomic mass is 16.2. The van der Waals surface area contributed by atoms with Crippen molar-refractivity contribution in [3.63, 3.8) is 0 Å². The number of aromatic amines is 1. The zero-order valence-electron chi connectivity index (χ0n) is 25.4. The van der Waals surface area contributed by atoms with Crippen LogP contribution in [0.15, 0.2) is 79.0 Å². The van der Waals surface area contributed by atoms with Crippen molar-refractivity contribution in [3.05, 3.63) is 95.7 Å². The first-order valence-corrected chi connectivity index (χ1v) is 15.3. The van der Waals surface area contributed by atoms with Crippen LogP contribution in [-0.2, 0) is 17.6 Å². The van der Waals surface area contributed by atoms with E-state index in [2.05, 4.69) is 77.5 Å². The van der Waals surface area contributed by atoms with Gasteiger partial charge in [-0.15, -0.1) is 0 Å². The van der Waals surface area contributed by atoms with Crippen LogP contribution < -0.4 is 15.1 Å². The molecule has 8 heteroatoms. The van der Waals surface area contributed by atoms with Crippen molar-refractivity contribution in [3.8, 4) is 0 Å². The van der Waals surface area contributed by atoms with Gasteiger partial charge in [0.1, 0.15) is 6.04 Å². The van der Waals surface area contributed by atoms with Crippen LogP contribution in [0.4, 0.5) is 16.2 Å². The number of anilines is 2. The molecule has 0 radical (unpaired) electrons. The Bertz CT molecular complexity index is 1590. The summed E-state index contributed by atoms with van der Waals surface area (Å²) in [4.78, 5) is 39.9. The number of aryl methyl sites for hydroxylation is 1. The van der Waals surface area contributed by atoms with Crippen LogP contribution in [0.5, 0.6) is 0 Å². The Labute approximate surface area is 254 Å². The number of carbonyl (C=O) groups is 2. The van der Waals surface area contributed by atoms with E-state index in [1.54, 1.807) is 0 Å². The third-order valence-corrected chi connectivity index (χ3v) is 8.84. The lowest BCUT2D eigenvalue weighted by molar-refractivity contribution is -0.120. The number of nitrogens with zero attached hydrogens (tertiary/aromatic N) is 4. The van der Waals surface area contributed by atoms with Crippen LogP contribution in [0.3, 0.4) is 0 Å². The van der Waals surface area contributed by atoms with Crippen LogP contribution in [0.1, 0.15) is 16.7 Å². The second kappa shape index (κ2) is 12.5. The Kier molecular flexibility index (Phi) is 8.38. The van der Waals surface area contributed by atoms with Gasteiger partial charge < -0.3 is 29.9 Å². The van der Waals surface area contributed by atoms with Crippen LogP contribution in [-0.4, -0.2) is 86.1 Å². The molecule has 3 heterocycles. The van der Waals surface area contributed by atoms with Crippen molar-refractivity contribution >= 4 is 34.2 Å². The maximum atomic E-state index is 14.5. The van der Waals surface area contributed by atoms with E-state index in [1.165, 1.54) is 16.8 Å². The summed E-state index contributed by atoms with van der Waals surface area (Å²) in [6, 6.07) is 23.8. The van der Waals surface area contributed by atoms with Gasteiger partial charge in [0.05, 0.1) is 0 Å². The third-order valence-electron chi connectivity index (χ3n) is 8.84. The highest BCUT2D eigenvalue weighted by Crippen LogP contribution is 2.31. The highest BCUT2D eigenvalue weighted by Gasteiger charge is 2.35. The van der Waals surface area contributed by atoms with Crippen molar-refractivity contribution in [2.24, 2.45) is 5.92 Å². The molecular weight excluding hydrogens is 536 g/mol. The van der Waals surface area contributed by atoms with Crippen LogP contribution >= 0.6 is 0 Å². The van der Waals surface area contributed by atoms with Crippen LogP contribution in [0.2, 0.25) is 0 Å². The van der Waals surface area contributed by atoms with Gasteiger partial charge in [-0.2, -0.15) is 0 Å². The number of hydrogen-bond donors (Lipinski definition) is 2. The van der Waals surface area contributed by atoms with Crippen molar-refractivity contribution in [2.75, 3.05) is 63.2 Å². The summed E-state index contributed by atoms with van der Waals surface area (Å²) >= 11 is 0. The number of urea groups is 1. The fourth-order valence-corrected chi connectivity index (χ4v) is 6.74. The number of fused-ring (bicyclic) bond motifs is 2. The summed E-state index contributed by atoms with van der Waals surface area (Å²) in [5.41, 5.74) is 6.63. The van der Waals surface area contributed by atoms with Gasteiger partial charge >= 0.3 is 6.03 Å². The van der Waals surface area contributed by atoms with Crippen molar-refractivity contribution in [1.82, 2.24) is 20.1 Å². The maximum absolute atomic E-state index is 14.5. The molecule has 1 aromatic heterocycles. The maximum Gasteiger partial charge on any atom is 0.318 e. The number of hydrogen-bond acceptors (Lipinski definition) is 4. The summed E-state index contributed by atoms with van der Waals surface area (Å²) in [5.74, 6) is 0.251. The van der Waals surface area contributed by atoms with Gasteiger partial charge in [0.25, 0.3) is 0 Å². The van der Waals surface area contributed by atoms with Crippen molar-refractivity contribution in [2.45, 2.75) is 25.8 Å². The van der Waals surface area contributed by atoms with Crippen LogP contribution in [0, 0.1) is 12.8 Å². The van der Waals surface area contributed by atoms with Gasteiger partial charge in [0.2, 0.25) is 5.91 Å². The number of aromatic nitrogens is 1. The van der Waals surface area contributed by atoms with Gasteiger partial charge in [0.15, 0.2) is 0 Å². The molecule has 0 bridgehead atoms. The van der Waals surface area contributed by atoms with Gasteiger partial charge in [-0.25, -0.2) is 4.79 Å². The Balaban J connectivity index is 1.24. The van der Waals surface area contributed by atoms with E-state index in [-0.39, 0.29) is 11.9 Å². The van der Waals surface area contributed by atoms with Gasteiger partial charge in [-0.05, 0) is 68.2 Å². The van der Waals surface area contributed by atoms with E-state index >= 15 is 0 Å². The molecule has 3 aromatic carbocycles. The molecule has 2 aliphatic rings. The molecule has 224 valence electrons. The molecule has 3 amide bonds. The van der Waals surface area contributed by atoms with E-state index in [0.717, 1.165) is 48.2 Å². The van der Waals surface area contributed by atoms with Crippen LogP contribution in [0.25, 0.3) is 10.9 Å². The lowest BCUT2D eigenvalue weighted by Gasteiger charge is -2.39. The second-order valence-electron chi connectivity index (χ2n) is 12.2. The zero-order chi connectivity index (χ0) is 29.9. The second-order valence-corrected chi connectivity index (χ2v) is 12.2. The number of carbonyl (C=O) groups excluding carboxylic acids is 2. The number of piperazine rings is 1. The Hall–Kier alpha value is -4.30. The first-order chi connectivity index (χ1) is 20.9. The SMILES string of the molecule is Cc1ccccc1N1CCN(C(=O)NC(Cc2c[nH]c3ccccc23)C(=O)N2CC(CN(C)C)Cc3ccccc32)CC1. The van der Waals surface area contributed by atoms with Crippen molar-refractivity contribution < 1.29 is 9.59 Å². The first kappa shape index (κ1) is 28.8. The smallest absolute Gasteiger partial charge is 0.318 e. The highest BCUT2D eigenvalue weighted by molar-refractivity contribution is 6.00. The molecule has 6 rings (SSSR count). The van der Waals surface area contributed by atoms with Gasteiger partial charge in [-0.3, -0.25) is 4.79 Å². The molecule has 1 saturated heterocycles. The largest absolute Gasteiger partial charge is 0.368 e. The molecule has 1 fully saturated rings. The van der Waals surface area contributed by atoms with Crippen molar-refractivity contribution in [1.29, 1.82) is 0 Å². The van der Waals surface area contributed by atoms with Gasteiger partial charge in [0, 0.05) is 74.2 Å². The molecule has 4 aromatic rings. The van der Waals surface area contributed by atoms with E-state index < -0.39 is 6.04 Å². The number of nitrogens with one attached hydrogen (secondary N) is 2. The quantitative estimate of drug-likeness (QED) is 0.334. The molecule has 0 saturated carbocycles. The van der Waals surface area contributed by atoms with E-state index in [0.29, 0.717) is 32.0 Å². The lowest BCUT2D eigenvalue weighted by Crippen LogP contribution is -2.58. The number of H-pyrrole nitrogens is 1. The summed E-state index contributed by atoms with van der Waals surface area (Å²) in [7, 11) is 4.15. The average Bonchev–Trinajstić information content (AvgIpc) is 3.42. The molecule has 8 nitrogen and oxygen atoms in total. The predicted molar refractivity (Wildman–Crippen MR) is 174 cm³/mol. The Morgan fingerprint density at radius 2 is 1.63 bits per heavy atom. The van der Waals surface area contributed by atoms with E-state index in [9.17, 15) is 9.59 Å². The molecular formula is C35H42N6O2. The number of para-hydroxylation sites is 3. The molecule has 43 heavy (non-hydrogen) atoms. The minimum Gasteiger partial charge on any atom is -0.368 e. The summed E-state index contributed by atoms with van der Waals surface area (Å²) in [6.07, 6.45) is 3.31. The minimum absolute atomic E-state index is 0.0620. The predicted octanol–water partition coefficient (Wildman–Crippen LogP) is 4.69. The van der Waals surface area contributed by atoms with Gasteiger partial charge in [-0.1, -0.05) is 54.6 Å². The van der Waals surface area contributed by atoms with E-state index in [4.69, 9.17) is 0 Å². The molecule has 2 atom stereocenters. The molecule has 0 aliphatic carbocycles. The van der Waals surface area contributed by atoms with E-state index in [1.807, 2.05) is 52.4 Å². The molecule has 2 N–H and O–H groups in total. The summed E-state index contributed by atoms with van der Waals surface area (Å²) in [6.45, 7) is 6.36.